The van der Waals surface area contributed by atoms with E-state index < -0.39 is 0 Å². The van der Waals surface area contributed by atoms with E-state index in [9.17, 15) is 0 Å². The summed E-state index contributed by atoms with van der Waals surface area (Å²) >= 11 is 0. The second-order valence-corrected chi connectivity index (χ2v) is 5.67. The molecule has 0 spiro atoms. The van der Waals surface area contributed by atoms with E-state index in [0.29, 0.717) is 0 Å². The monoisotopic (exact) mass is 309 g/mol. The Morgan fingerprint density at radius 2 is 1.04 bits per heavy atom. The number of aromatic nitrogens is 2. The van der Waals surface area contributed by atoms with Crippen LogP contribution in [0.15, 0.2) is 91.0 Å². The molecular weight excluding hydrogens is 292 g/mol. The zero-order chi connectivity index (χ0) is 16.4. The van der Waals surface area contributed by atoms with Gasteiger partial charge >= 0.3 is 0 Å². The van der Waals surface area contributed by atoms with E-state index in [0.717, 1.165) is 33.6 Å². The van der Waals surface area contributed by atoms with Crippen molar-refractivity contribution in [2.75, 3.05) is 0 Å². The summed E-state index contributed by atoms with van der Waals surface area (Å²) in [7, 11) is 4.13. The number of nitrogens with zero attached hydrogens (tertiary/aromatic N) is 2. The highest BCUT2D eigenvalue weighted by Crippen LogP contribution is 2.39. The minimum Gasteiger partial charge on any atom is -0.262 e. The third-order valence-electron chi connectivity index (χ3n) is 4.11. The molecule has 0 aliphatic rings. The fourth-order valence-corrected chi connectivity index (χ4v) is 3.03. The SMILES string of the molecule is [CH2]n1nc(-c2ccccc2)c(-c2ccccc2)c1-c1ccccc1. The smallest absolute Gasteiger partial charge is 0.101 e. The van der Waals surface area contributed by atoms with Crippen molar-refractivity contribution in [3.63, 3.8) is 0 Å². The normalized spacial score (nSPS) is 10.7. The summed E-state index contributed by atoms with van der Waals surface area (Å²) in [5, 5.41) is 4.74. The van der Waals surface area contributed by atoms with Gasteiger partial charge in [-0.05, 0) is 5.56 Å². The highest BCUT2D eigenvalue weighted by molar-refractivity contribution is 5.91. The van der Waals surface area contributed by atoms with Crippen LogP contribution in [0.5, 0.6) is 0 Å². The van der Waals surface area contributed by atoms with Gasteiger partial charge in [0.15, 0.2) is 0 Å². The van der Waals surface area contributed by atoms with E-state index in [1.165, 1.54) is 0 Å². The first-order valence-corrected chi connectivity index (χ1v) is 7.95. The van der Waals surface area contributed by atoms with Crippen molar-refractivity contribution < 1.29 is 0 Å². The van der Waals surface area contributed by atoms with Crippen molar-refractivity contribution in [2.45, 2.75) is 0 Å². The van der Waals surface area contributed by atoms with Crippen LogP contribution in [0.1, 0.15) is 0 Å². The summed E-state index contributed by atoms with van der Waals surface area (Å²) in [6, 6.07) is 30.9. The Hall–Kier alpha value is -3.13. The Morgan fingerprint density at radius 1 is 0.583 bits per heavy atom. The van der Waals surface area contributed by atoms with Crippen LogP contribution in [0.25, 0.3) is 33.6 Å². The van der Waals surface area contributed by atoms with Crippen LogP contribution in [0.4, 0.5) is 0 Å². The first-order valence-electron chi connectivity index (χ1n) is 7.95. The molecule has 0 atom stereocenters. The van der Waals surface area contributed by atoms with Gasteiger partial charge < -0.3 is 0 Å². The molecule has 0 N–H and O–H groups in total. The van der Waals surface area contributed by atoms with Crippen molar-refractivity contribution in [2.24, 2.45) is 0 Å². The molecule has 0 aliphatic carbocycles. The molecule has 1 radical (unpaired) electrons. The van der Waals surface area contributed by atoms with Crippen LogP contribution in [0.3, 0.4) is 0 Å². The van der Waals surface area contributed by atoms with Gasteiger partial charge in [-0.15, -0.1) is 0 Å². The van der Waals surface area contributed by atoms with Crippen molar-refractivity contribution in [3.05, 3.63) is 98.0 Å². The summed E-state index contributed by atoms with van der Waals surface area (Å²) < 4.78 is 1.74. The molecule has 3 aromatic carbocycles. The van der Waals surface area contributed by atoms with Crippen LogP contribution in [0, 0.1) is 7.05 Å². The van der Waals surface area contributed by atoms with Crippen LogP contribution < -0.4 is 0 Å². The molecule has 0 bridgehead atoms. The van der Waals surface area contributed by atoms with Crippen LogP contribution in [0.2, 0.25) is 0 Å². The van der Waals surface area contributed by atoms with Gasteiger partial charge in [-0.25, -0.2) is 0 Å². The Bertz CT molecular complexity index is 939. The first-order chi connectivity index (χ1) is 11.8. The number of benzene rings is 3. The van der Waals surface area contributed by atoms with Gasteiger partial charge in [0.2, 0.25) is 0 Å². The van der Waals surface area contributed by atoms with E-state index in [1.807, 2.05) is 42.5 Å². The minimum absolute atomic E-state index is 0.954. The molecule has 0 amide bonds. The lowest BCUT2D eigenvalue weighted by Crippen LogP contribution is -1.92. The predicted octanol–water partition coefficient (Wildman–Crippen LogP) is 5.52. The highest BCUT2D eigenvalue weighted by atomic mass is 15.3. The van der Waals surface area contributed by atoms with E-state index in [-0.39, 0.29) is 0 Å². The minimum atomic E-state index is 0.954. The maximum Gasteiger partial charge on any atom is 0.101 e. The highest BCUT2D eigenvalue weighted by Gasteiger charge is 2.20. The maximum atomic E-state index is 4.74. The van der Waals surface area contributed by atoms with E-state index in [4.69, 9.17) is 5.10 Å². The van der Waals surface area contributed by atoms with Crippen molar-refractivity contribution in [3.8, 4) is 33.6 Å². The fraction of sp³-hybridized carbons (Fsp3) is 0. The quantitative estimate of drug-likeness (QED) is 0.487. The summed E-state index contributed by atoms with van der Waals surface area (Å²) in [5.41, 5.74) is 6.45. The van der Waals surface area contributed by atoms with Gasteiger partial charge in [0.25, 0.3) is 0 Å². The van der Waals surface area contributed by atoms with Gasteiger partial charge in [0, 0.05) is 16.7 Å². The van der Waals surface area contributed by atoms with E-state index in [1.54, 1.807) is 4.68 Å². The molecule has 0 saturated heterocycles. The Morgan fingerprint density at radius 3 is 1.58 bits per heavy atom. The number of hydrogen-bond donors (Lipinski definition) is 0. The van der Waals surface area contributed by atoms with Gasteiger partial charge in [-0.3, -0.25) is 4.68 Å². The van der Waals surface area contributed by atoms with Crippen LogP contribution >= 0.6 is 0 Å². The number of hydrogen-bond acceptors (Lipinski definition) is 1. The van der Waals surface area contributed by atoms with Crippen molar-refractivity contribution in [1.29, 1.82) is 0 Å². The standard InChI is InChI=1S/C22H17N2/c1-24-22(19-15-9-4-10-16-19)20(17-11-5-2-6-12-17)21(23-24)18-13-7-3-8-14-18/h2-16H,1H2. The molecule has 0 unspecified atom stereocenters. The zero-order valence-corrected chi connectivity index (χ0v) is 13.3. The molecule has 0 saturated carbocycles. The largest absolute Gasteiger partial charge is 0.262 e. The third-order valence-corrected chi connectivity index (χ3v) is 4.11. The zero-order valence-electron chi connectivity index (χ0n) is 13.3. The molecule has 4 aromatic rings. The lowest BCUT2D eigenvalue weighted by atomic mass is 9.96. The summed E-state index contributed by atoms with van der Waals surface area (Å²) in [6.45, 7) is 0. The lowest BCUT2D eigenvalue weighted by Gasteiger charge is -2.08. The van der Waals surface area contributed by atoms with E-state index in [2.05, 4.69) is 55.6 Å². The van der Waals surface area contributed by atoms with Gasteiger partial charge in [-0.1, -0.05) is 91.0 Å². The Balaban J connectivity index is 2.03. The van der Waals surface area contributed by atoms with Gasteiger partial charge in [0.05, 0.1) is 12.7 Å². The maximum absolute atomic E-state index is 4.74. The average molecular weight is 309 g/mol. The molecule has 115 valence electrons. The Labute approximate surface area is 142 Å². The number of rotatable bonds is 3. The van der Waals surface area contributed by atoms with Gasteiger partial charge in [0.1, 0.15) is 5.69 Å². The summed E-state index contributed by atoms with van der Waals surface area (Å²) in [4.78, 5) is 0. The first kappa shape index (κ1) is 14.5. The second-order valence-electron chi connectivity index (χ2n) is 5.67. The molecule has 2 nitrogen and oxygen atoms in total. The molecule has 0 aliphatic heterocycles. The topological polar surface area (TPSA) is 17.8 Å². The van der Waals surface area contributed by atoms with E-state index >= 15 is 0 Å². The molecule has 2 heteroatoms. The summed E-state index contributed by atoms with van der Waals surface area (Å²) in [5.74, 6) is 0. The molecule has 0 fully saturated rings. The lowest BCUT2D eigenvalue weighted by molar-refractivity contribution is 0.889. The molecule has 24 heavy (non-hydrogen) atoms. The predicted molar refractivity (Wildman–Crippen MR) is 99.3 cm³/mol. The van der Waals surface area contributed by atoms with Crippen LogP contribution in [-0.4, -0.2) is 9.78 Å². The second kappa shape index (κ2) is 6.17. The average Bonchev–Trinajstić information content (AvgIpc) is 3.01. The fourth-order valence-electron chi connectivity index (χ4n) is 3.03. The third kappa shape index (κ3) is 2.52. The molecule has 4 rings (SSSR count). The molecular formula is C22H17N2. The van der Waals surface area contributed by atoms with Crippen molar-refractivity contribution in [1.82, 2.24) is 9.78 Å². The summed E-state index contributed by atoms with van der Waals surface area (Å²) in [6.07, 6.45) is 0. The van der Waals surface area contributed by atoms with Crippen molar-refractivity contribution >= 4 is 0 Å². The molecule has 1 heterocycles. The van der Waals surface area contributed by atoms with Gasteiger partial charge in [-0.2, -0.15) is 5.10 Å². The molecule has 1 aromatic heterocycles. The van der Waals surface area contributed by atoms with Crippen LogP contribution in [-0.2, 0) is 0 Å². The Kier molecular flexibility index (Phi) is 3.72.